The summed E-state index contributed by atoms with van der Waals surface area (Å²) < 4.78 is 41.4. The van der Waals surface area contributed by atoms with E-state index in [1.54, 1.807) is 6.20 Å². The van der Waals surface area contributed by atoms with Gasteiger partial charge in [-0.05, 0) is 18.2 Å². The fourth-order valence-electron chi connectivity index (χ4n) is 5.85. The van der Waals surface area contributed by atoms with Gasteiger partial charge in [-0.3, -0.25) is 0 Å². The van der Waals surface area contributed by atoms with Crippen LogP contribution in [0.15, 0.2) is 42.1 Å². The van der Waals surface area contributed by atoms with Crippen molar-refractivity contribution >= 4 is 5.97 Å². The lowest BCUT2D eigenvalue weighted by Gasteiger charge is -2.39. The molecule has 20 nitrogen and oxygen atoms in total. The Hall–Kier alpha value is -4.77. The van der Waals surface area contributed by atoms with Gasteiger partial charge < -0.3 is 79.7 Å². The Kier molecular flexibility index (Phi) is 14.8. The van der Waals surface area contributed by atoms with Gasteiger partial charge in [-0.25, -0.2) is 9.48 Å². The number of hydrogen-bond acceptors (Lipinski definition) is 19. The molecule has 3 aromatic rings. The van der Waals surface area contributed by atoms with Crippen LogP contribution in [0.1, 0.15) is 35.4 Å². The number of benzene rings is 2. The normalized spacial score (nSPS) is 22.1. The van der Waals surface area contributed by atoms with E-state index in [2.05, 4.69) is 10.3 Å². The molecule has 1 aliphatic carbocycles. The molecule has 0 amide bonds. The molecule has 2 aromatic carbocycles. The van der Waals surface area contributed by atoms with Crippen molar-refractivity contribution in [3.63, 3.8) is 0 Å². The number of aliphatic hydroxyl groups is 3. The first kappa shape index (κ1) is 41.4. The maximum atomic E-state index is 13.6. The van der Waals surface area contributed by atoms with Gasteiger partial charge in [-0.1, -0.05) is 5.21 Å². The molecule has 0 saturated heterocycles. The van der Waals surface area contributed by atoms with Crippen LogP contribution in [-0.4, -0.2) is 146 Å². The number of fused-ring (bicyclic) bond motifs is 1. The number of aromatic nitrogens is 3. The molecule has 5 rings (SSSR count). The Morgan fingerprint density at radius 2 is 1.49 bits per heavy atom. The summed E-state index contributed by atoms with van der Waals surface area (Å²) in [5, 5.41) is 90.5. The number of ether oxygens (including phenoxy) is 7. The zero-order chi connectivity index (χ0) is 39.5. The lowest BCUT2D eigenvalue weighted by Crippen LogP contribution is -2.43. The van der Waals surface area contributed by atoms with Crippen LogP contribution in [0.2, 0.25) is 0 Å². The van der Waals surface area contributed by atoms with Crippen LogP contribution < -0.4 is 10.5 Å². The molecule has 55 heavy (non-hydrogen) atoms. The Balaban J connectivity index is 1.27. The van der Waals surface area contributed by atoms with Crippen molar-refractivity contribution in [1.29, 1.82) is 0 Å². The summed E-state index contributed by atoms with van der Waals surface area (Å²) in [5.74, 6) is -4.34. The first-order chi connectivity index (χ1) is 26.5. The number of nitrogens with two attached hydrogens (primary N) is 1. The third-order valence-electron chi connectivity index (χ3n) is 8.55. The maximum absolute atomic E-state index is 13.6. The van der Waals surface area contributed by atoms with Gasteiger partial charge in [0.25, 0.3) is 0 Å². The molecule has 1 aliphatic heterocycles. The molecule has 0 bridgehead atoms. The lowest BCUT2D eigenvalue weighted by molar-refractivity contribution is -0.171. The molecule has 2 aliphatic rings. The molecule has 302 valence electrons. The summed E-state index contributed by atoms with van der Waals surface area (Å²) in [4.78, 5) is 13.6. The van der Waals surface area contributed by atoms with Gasteiger partial charge in [0.1, 0.15) is 41.3 Å². The van der Waals surface area contributed by atoms with Gasteiger partial charge in [0, 0.05) is 36.2 Å². The molecule has 0 radical (unpaired) electrons. The van der Waals surface area contributed by atoms with Crippen LogP contribution in [-0.2, 0) is 46.4 Å². The minimum Gasteiger partial charge on any atom is -0.508 e. The Morgan fingerprint density at radius 1 is 0.855 bits per heavy atom. The van der Waals surface area contributed by atoms with Crippen LogP contribution in [0.3, 0.4) is 0 Å². The molecule has 2 heterocycles. The number of esters is 1. The van der Waals surface area contributed by atoms with Gasteiger partial charge in [-0.15, -0.1) is 5.10 Å². The molecule has 10 N–H and O–H groups in total. The SMILES string of the molecule is NCCOCCOCCOCCOCCn1cc(COC2c3c(O)cc(O)cc3OC(c3cc(O)c(O)c(O)c3)C2OC(=O)C2=CC(O)C(O)C(O)C2)nn1. The number of nitrogens with zero attached hydrogens (tertiary/aromatic N) is 3. The minimum atomic E-state index is -1.58. The standard InChI is InChI=1S/C35H46N4O16/c36-1-3-49-5-7-51-9-10-52-8-6-50-4-2-39-17-21(37-38-39)18-53-33-29-23(41)15-22(40)16-28(29)54-32(19-11-24(42)30(46)25(43)12-19)34(33)55-35(48)20-13-26(44)31(47)27(45)14-20/h11-13,15-17,26-27,31-34,40-47H,1-10,14,18,36H2. The quantitative estimate of drug-likeness (QED) is 0.0398. The van der Waals surface area contributed by atoms with E-state index in [4.69, 9.17) is 38.9 Å². The highest BCUT2D eigenvalue weighted by molar-refractivity contribution is 5.89. The number of aliphatic hydroxyl groups excluding tert-OH is 3. The zero-order valence-corrected chi connectivity index (χ0v) is 29.7. The van der Waals surface area contributed by atoms with Crippen LogP contribution in [0.25, 0.3) is 0 Å². The average molecular weight is 779 g/mol. The van der Waals surface area contributed by atoms with Gasteiger partial charge in [0.05, 0.1) is 83.9 Å². The van der Waals surface area contributed by atoms with E-state index in [-0.39, 0.29) is 47.8 Å². The third-order valence-corrected chi connectivity index (χ3v) is 8.55. The van der Waals surface area contributed by atoms with Crippen LogP contribution in [0.4, 0.5) is 0 Å². The number of hydrogen-bond donors (Lipinski definition) is 9. The number of phenolic OH excluding ortho intramolecular Hbond substituents is 5. The fraction of sp³-hybridized carbons (Fsp3) is 0.514. The summed E-state index contributed by atoms with van der Waals surface area (Å²) in [5.41, 5.74) is 5.42. The second-order valence-electron chi connectivity index (χ2n) is 12.6. The number of aromatic hydroxyl groups is 5. The summed E-state index contributed by atoms with van der Waals surface area (Å²) in [6.07, 6.45) is -6.71. The second kappa shape index (κ2) is 19.7. The minimum absolute atomic E-state index is 0.0189. The molecule has 20 heteroatoms. The van der Waals surface area contributed by atoms with E-state index in [9.17, 15) is 45.6 Å². The van der Waals surface area contributed by atoms with Crippen molar-refractivity contribution in [1.82, 2.24) is 15.0 Å². The average Bonchev–Trinajstić information content (AvgIpc) is 3.61. The Morgan fingerprint density at radius 3 is 2.13 bits per heavy atom. The van der Waals surface area contributed by atoms with Gasteiger partial charge in [0.2, 0.25) is 0 Å². The van der Waals surface area contributed by atoms with E-state index in [1.807, 2.05) is 0 Å². The Bertz CT molecular complexity index is 1730. The smallest absolute Gasteiger partial charge is 0.334 e. The predicted octanol–water partition coefficient (Wildman–Crippen LogP) is -0.453. The van der Waals surface area contributed by atoms with Crippen molar-refractivity contribution in [3.05, 3.63) is 58.9 Å². The summed E-state index contributed by atoms with van der Waals surface area (Å²) in [6.45, 7) is 3.73. The molecular weight excluding hydrogens is 732 g/mol. The van der Waals surface area contributed by atoms with Crippen molar-refractivity contribution in [2.75, 3.05) is 59.4 Å². The van der Waals surface area contributed by atoms with Crippen molar-refractivity contribution in [2.24, 2.45) is 5.73 Å². The van der Waals surface area contributed by atoms with E-state index in [0.29, 0.717) is 65.0 Å². The fourth-order valence-corrected chi connectivity index (χ4v) is 5.85. The summed E-state index contributed by atoms with van der Waals surface area (Å²) in [6, 6.07) is 4.29. The molecule has 6 unspecified atom stereocenters. The predicted molar refractivity (Wildman–Crippen MR) is 185 cm³/mol. The first-order valence-corrected chi connectivity index (χ1v) is 17.4. The van der Waals surface area contributed by atoms with Crippen molar-refractivity contribution in [2.45, 2.75) is 56.2 Å². The number of phenols is 5. The molecule has 1 aromatic heterocycles. The number of rotatable bonds is 20. The zero-order valence-electron chi connectivity index (χ0n) is 29.7. The first-order valence-electron chi connectivity index (χ1n) is 17.4. The highest BCUT2D eigenvalue weighted by Gasteiger charge is 2.46. The monoisotopic (exact) mass is 778 g/mol. The summed E-state index contributed by atoms with van der Waals surface area (Å²) >= 11 is 0. The van der Waals surface area contributed by atoms with Crippen molar-refractivity contribution < 1.29 is 78.8 Å². The topological polar surface area (TPSA) is 300 Å². The highest BCUT2D eigenvalue weighted by Crippen LogP contribution is 2.51. The van der Waals surface area contributed by atoms with Gasteiger partial charge in [0.15, 0.2) is 29.5 Å². The van der Waals surface area contributed by atoms with Crippen LogP contribution >= 0.6 is 0 Å². The van der Waals surface area contributed by atoms with E-state index >= 15 is 0 Å². The maximum Gasteiger partial charge on any atom is 0.334 e. The number of carbonyl (C=O) groups is 1. The molecule has 0 spiro atoms. The molecule has 0 fully saturated rings. The van der Waals surface area contributed by atoms with Crippen LogP contribution in [0.5, 0.6) is 34.5 Å². The third kappa shape index (κ3) is 10.9. The highest BCUT2D eigenvalue weighted by atomic mass is 16.6. The number of carbonyl (C=O) groups excluding carboxylic acids is 1. The van der Waals surface area contributed by atoms with Crippen molar-refractivity contribution in [3.8, 4) is 34.5 Å². The molecule has 6 atom stereocenters. The lowest BCUT2D eigenvalue weighted by atomic mass is 9.90. The van der Waals surface area contributed by atoms with Gasteiger partial charge in [-0.2, -0.15) is 0 Å². The van der Waals surface area contributed by atoms with Crippen LogP contribution in [0, 0.1) is 0 Å². The summed E-state index contributed by atoms with van der Waals surface area (Å²) in [7, 11) is 0. The van der Waals surface area contributed by atoms with E-state index < -0.39 is 65.6 Å². The van der Waals surface area contributed by atoms with E-state index in [0.717, 1.165) is 24.3 Å². The second-order valence-corrected chi connectivity index (χ2v) is 12.6. The van der Waals surface area contributed by atoms with E-state index in [1.165, 1.54) is 10.7 Å². The molecule has 0 saturated carbocycles. The largest absolute Gasteiger partial charge is 0.508 e. The van der Waals surface area contributed by atoms with Gasteiger partial charge >= 0.3 is 5.97 Å². The molecular formula is C35H46N4O16. The Labute approximate surface area is 314 Å².